The van der Waals surface area contributed by atoms with Crippen molar-refractivity contribution >= 4 is 34.5 Å². The first kappa shape index (κ1) is 21.9. The van der Waals surface area contributed by atoms with Crippen LogP contribution in [-0.4, -0.2) is 29.8 Å². The second kappa shape index (κ2) is 9.03. The van der Waals surface area contributed by atoms with Gasteiger partial charge in [-0.05, 0) is 48.0 Å². The molecule has 0 aromatic heterocycles. The van der Waals surface area contributed by atoms with Gasteiger partial charge in [0.15, 0.2) is 0 Å². The van der Waals surface area contributed by atoms with Crippen molar-refractivity contribution in [3.05, 3.63) is 81.9 Å². The van der Waals surface area contributed by atoms with E-state index in [-0.39, 0.29) is 22.8 Å². The number of carbonyl (C=O) groups excluding carboxylic acids is 1. The Morgan fingerprint density at radius 1 is 1.06 bits per heavy atom. The first-order valence-electron chi connectivity index (χ1n) is 10.0. The average Bonchev–Trinajstić information content (AvgIpc) is 3.28. The second-order valence-electron chi connectivity index (χ2n) is 7.38. The van der Waals surface area contributed by atoms with Crippen LogP contribution in [0, 0.1) is 21.7 Å². The van der Waals surface area contributed by atoms with E-state index in [0.717, 1.165) is 12.1 Å². The fourth-order valence-electron chi connectivity index (χ4n) is 3.54. The summed E-state index contributed by atoms with van der Waals surface area (Å²) in [7, 11) is 0. The molecule has 10 heteroatoms. The Morgan fingerprint density at radius 2 is 1.85 bits per heavy atom. The molecule has 0 spiro atoms. The van der Waals surface area contributed by atoms with Crippen LogP contribution in [0.3, 0.4) is 0 Å². The van der Waals surface area contributed by atoms with Crippen molar-refractivity contribution in [2.45, 2.75) is 6.92 Å². The van der Waals surface area contributed by atoms with Gasteiger partial charge in [0.2, 0.25) is 5.91 Å². The maximum atomic E-state index is 14.4. The zero-order valence-corrected chi connectivity index (χ0v) is 17.5. The zero-order valence-electron chi connectivity index (χ0n) is 17.5. The number of benzene rings is 3. The Hall–Kier alpha value is -4.34. The summed E-state index contributed by atoms with van der Waals surface area (Å²) in [4.78, 5) is 27.1. The van der Waals surface area contributed by atoms with Gasteiger partial charge in [0.05, 0.1) is 11.5 Å². The molecule has 1 amide bonds. The molecule has 0 unspecified atom stereocenters. The highest BCUT2D eigenvalue weighted by Crippen LogP contribution is 2.34. The highest BCUT2D eigenvalue weighted by atomic mass is 19.1. The van der Waals surface area contributed by atoms with Crippen molar-refractivity contribution in [2.24, 2.45) is 4.99 Å². The summed E-state index contributed by atoms with van der Waals surface area (Å²) >= 11 is 0. The average molecular weight is 451 g/mol. The standard InChI is InChI=1S/C23H19F2N5O3/c1-13(31)28-17-8-15(19-4-3-16(24)11-20(19)25)9-18(12-17)29-21-5-2-14(10-22(21)30(32)33)23-26-6-7-27-23/h2-5,8-12,29H,6-7H2,1H3,(H,26,27)(H,28,31). The van der Waals surface area contributed by atoms with Crippen LogP contribution >= 0.6 is 0 Å². The number of amidine groups is 1. The molecular formula is C23H19F2N5O3. The minimum absolute atomic E-state index is 0.113. The van der Waals surface area contributed by atoms with Gasteiger partial charge in [-0.1, -0.05) is 0 Å². The molecule has 1 aliphatic rings. The van der Waals surface area contributed by atoms with Gasteiger partial charge in [0.1, 0.15) is 23.2 Å². The Bertz CT molecular complexity index is 1290. The summed E-state index contributed by atoms with van der Waals surface area (Å²) in [5, 5.41) is 20.4. The lowest BCUT2D eigenvalue weighted by Gasteiger charge is -2.14. The molecular weight excluding hydrogens is 432 g/mol. The fourth-order valence-corrected chi connectivity index (χ4v) is 3.54. The third kappa shape index (κ3) is 4.95. The maximum absolute atomic E-state index is 14.4. The third-order valence-corrected chi connectivity index (χ3v) is 4.92. The predicted octanol–water partition coefficient (Wildman–Crippen LogP) is 4.59. The SMILES string of the molecule is CC(=O)Nc1cc(Nc2ccc(C3=NCCN3)cc2[N+](=O)[O-])cc(-c2ccc(F)cc2F)c1. The highest BCUT2D eigenvalue weighted by Gasteiger charge is 2.19. The monoisotopic (exact) mass is 451 g/mol. The number of hydrogen-bond acceptors (Lipinski definition) is 6. The van der Waals surface area contributed by atoms with Crippen molar-refractivity contribution in [1.29, 1.82) is 0 Å². The largest absolute Gasteiger partial charge is 0.368 e. The molecule has 0 saturated heterocycles. The van der Waals surface area contributed by atoms with E-state index in [2.05, 4.69) is 20.9 Å². The van der Waals surface area contributed by atoms with Gasteiger partial charge >= 0.3 is 0 Å². The van der Waals surface area contributed by atoms with Gasteiger partial charge in [-0.2, -0.15) is 0 Å². The van der Waals surface area contributed by atoms with Gasteiger partial charge in [-0.15, -0.1) is 0 Å². The van der Waals surface area contributed by atoms with E-state index in [4.69, 9.17) is 0 Å². The van der Waals surface area contributed by atoms with Crippen molar-refractivity contribution < 1.29 is 18.5 Å². The molecule has 1 heterocycles. The number of rotatable bonds is 6. The molecule has 0 aliphatic carbocycles. The fraction of sp³-hybridized carbons (Fsp3) is 0.130. The smallest absolute Gasteiger partial charge is 0.293 e. The van der Waals surface area contributed by atoms with Crippen molar-refractivity contribution in [1.82, 2.24) is 5.32 Å². The summed E-state index contributed by atoms with van der Waals surface area (Å²) in [6, 6.07) is 12.5. The van der Waals surface area contributed by atoms with E-state index in [1.54, 1.807) is 24.3 Å². The molecule has 33 heavy (non-hydrogen) atoms. The van der Waals surface area contributed by atoms with Gasteiger partial charge in [0, 0.05) is 48.1 Å². The number of carbonyl (C=O) groups is 1. The number of nitro groups is 1. The summed E-state index contributed by atoms with van der Waals surface area (Å²) < 4.78 is 27.8. The number of halogens is 2. The molecule has 3 aromatic rings. The molecule has 4 rings (SSSR count). The first-order valence-corrected chi connectivity index (χ1v) is 10.0. The molecule has 0 bridgehead atoms. The molecule has 0 radical (unpaired) electrons. The lowest BCUT2D eigenvalue weighted by molar-refractivity contribution is -0.383. The summed E-state index contributed by atoms with van der Waals surface area (Å²) in [6.07, 6.45) is 0. The van der Waals surface area contributed by atoms with Crippen LogP contribution in [0.2, 0.25) is 0 Å². The Labute approximate surface area is 187 Å². The zero-order chi connectivity index (χ0) is 23.5. The Kier molecular flexibility index (Phi) is 5.99. The van der Waals surface area contributed by atoms with Crippen LogP contribution in [0.1, 0.15) is 12.5 Å². The molecule has 168 valence electrons. The van der Waals surface area contributed by atoms with Gasteiger partial charge < -0.3 is 16.0 Å². The van der Waals surface area contributed by atoms with E-state index in [1.807, 2.05) is 0 Å². The Balaban J connectivity index is 1.75. The number of anilines is 3. The van der Waals surface area contributed by atoms with Crippen LogP contribution in [0.5, 0.6) is 0 Å². The summed E-state index contributed by atoms with van der Waals surface area (Å²) in [5.74, 6) is -1.25. The molecule has 0 saturated carbocycles. The van der Waals surface area contributed by atoms with Crippen molar-refractivity contribution in [3.63, 3.8) is 0 Å². The van der Waals surface area contributed by atoms with Gasteiger partial charge in [-0.3, -0.25) is 19.9 Å². The van der Waals surface area contributed by atoms with E-state index in [1.165, 1.54) is 25.1 Å². The topological polar surface area (TPSA) is 109 Å². The molecule has 3 N–H and O–H groups in total. The number of aliphatic imine (C=N–C) groups is 1. The molecule has 8 nitrogen and oxygen atoms in total. The number of hydrogen-bond donors (Lipinski definition) is 3. The van der Waals surface area contributed by atoms with Gasteiger partial charge in [0.25, 0.3) is 5.69 Å². The minimum atomic E-state index is -0.777. The minimum Gasteiger partial charge on any atom is -0.368 e. The normalized spacial score (nSPS) is 12.6. The van der Waals surface area contributed by atoms with Crippen LogP contribution < -0.4 is 16.0 Å². The lowest BCUT2D eigenvalue weighted by Crippen LogP contribution is -2.19. The van der Waals surface area contributed by atoms with E-state index in [9.17, 15) is 23.7 Å². The summed E-state index contributed by atoms with van der Waals surface area (Å²) in [6.45, 7) is 2.59. The summed E-state index contributed by atoms with van der Waals surface area (Å²) in [5.41, 5.74) is 1.79. The molecule has 0 fully saturated rings. The number of nitro benzene ring substituents is 1. The highest BCUT2D eigenvalue weighted by molar-refractivity contribution is 6.01. The van der Waals surface area contributed by atoms with Crippen LogP contribution in [0.15, 0.2) is 59.6 Å². The molecule has 3 aromatic carbocycles. The first-order chi connectivity index (χ1) is 15.8. The second-order valence-corrected chi connectivity index (χ2v) is 7.38. The van der Waals surface area contributed by atoms with Crippen molar-refractivity contribution in [2.75, 3.05) is 23.7 Å². The van der Waals surface area contributed by atoms with E-state index < -0.39 is 16.6 Å². The van der Waals surface area contributed by atoms with Gasteiger partial charge in [-0.25, -0.2) is 8.78 Å². The van der Waals surface area contributed by atoms with Crippen LogP contribution in [0.4, 0.5) is 31.5 Å². The number of amides is 1. The lowest BCUT2D eigenvalue weighted by atomic mass is 10.0. The van der Waals surface area contributed by atoms with E-state index in [0.29, 0.717) is 41.4 Å². The number of nitrogens with zero attached hydrogens (tertiary/aromatic N) is 2. The molecule has 1 aliphatic heterocycles. The quantitative estimate of drug-likeness (QED) is 0.375. The Morgan fingerprint density at radius 3 is 2.52 bits per heavy atom. The third-order valence-electron chi connectivity index (χ3n) is 4.92. The molecule has 0 atom stereocenters. The van der Waals surface area contributed by atoms with Crippen LogP contribution in [0.25, 0.3) is 11.1 Å². The van der Waals surface area contributed by atoms with Crippen LogP contribution in [-0.2, 0) is 4.79 Å². The maximum Gasteiger partial charge on any atom is 0.293 e. The predicted molar refractivity (Wildman–Crippen MR) is 122 cm³/mol. The van der Waals surface area contributed by atoms with Crippen molar-refractivity contribution in [3.8, 4) is 11.1 Å². The van der Waals surface area contributed by atoms with E-state index >= 15 is 0 Å². The number of nitrogens with one attached hydrogen (secondary N) is 3.